The molecule has 0 aliphatic heterocycles. The lowest BCUT2D eigenvalue weighted by molar-refractivity contribution is 0.964. The summed E-state index contributed by atoms with van der Waals surface area (Å²) in [4.78, 5) is 0. The van der Waals surface area contributed by atoms with Crippen molar-refractivity contribution in [3.05, 3.63) is 30.0 Å². The summed E-state index contributed by atoms with van der Waals surface area (Å²) in [5.74, 6) is 0. The van der Waals surface area contributed by atoms with Gasteiger partial charge in [0, 0.05) is 24.3 Å². The molecule has 0 atom stereocenters. The summed E-state index contributed by atoms with van der Waals surface area (Å²) in [6.07, 6.45) is 2.04. The van der Waals surface area contributed by atoms with Crippen LogP contribution < -0.4 is 5.73 Å². The number of aryl methyl sites for hydroxylation is 2. The Morgan fingerprint density at radius 3 is 2.67 bits per heavy atom. The first-order valence-electron chi connectivity index (χ1n) is 4.00. The van der Waals surface area contributed by atoms with Gasteiger partial charge in [-0.3, -0.25) is 0 Å². The first kappa shape index (κ1) is 7.22. The average molecular weight is 160 g/mol. The number of nitrogens with two attached hydrogens (primary N) is 1. The topological polar surface area (TPSA) is 30.9 Å². The summed E-state index contributed by atoms with van der Waals surface area (Å²) in [5, 5.41) is 1.15. The smallest absolute Gasteiger partial charge is 0.0528 e. The quantitative estimate of drug-likeness (QED) is 0.587. The minimum absolute atomic E-state index is 0.858. The van der Waals surface area contributed by atoms with Gasteiger partial charge in [0.1, 0.15) is 0 Å². The van der Waals surface area contributed by atoms with Crippen LogP contribution in [0.5, 0.6) is 0 Å². The fourth-order valence-electron chi connectivity index (χ4n) is 1.64. The van der Waals surface area contributed by atoms with E-state index in [0.717, 1.165) is 11.1 Å². The largest absolute Gasteiger partial charge is 0.398 e. The highest BCUT2D eigenvalue weighted by atomic mass is 14.9. The molecule has 2 aromatic rings. The highest BCUT2D eigenvalue weighted by molar-refractivity contribution is 5.93. The number of anilines is 1. The van der Waals surface area contributed by atoms with Crippen LogP contribution in [0.4, 0.5) is 5.69 Å². The lowest BCUT2D eigenvalue weighted by atomic mass is 10.1. The molecular formula is C10H12N2. The molecule has 0 aliphatic rings. The van der Waals surface area contributed by atoms with Gasteiger partial charge in [-0.05, 0) is 24.6 Å². The van der Waals surface area contributed by atoms with E-state index in [0.29, 0.717) is 0 Å². The molecule has 0 fully saturated rings. The van der Waals surface area contributed by atoms with Crippen molar-refractivity contribution in [1.82, 2.24) is 4.57 Å². The van der Waals surface area contributed by atoms with Gasteiger partial charge in [0.2, 0.25) is 0 Å². The molecule has 0 spiro atoms. The molecule has 12 heavy (non-hydrogen) atoms. The van der Waals surface area contributed by atoms with Crippen molar-refractivity contribution >= 4 is 16.6 Å². The number of aromatic nitrogens is 1. The fraction of sp³-hybridized carbons (Fsp3) is 0.200. The predicted octanol–water partition coefficient (Wildman–Crippen LogP) is 2.07. The van der Waals surface area contributed by atoms with Crippen molar-refractivity contribution in [3.63, 3.8) is 0 Å². The van der Waals surface area contributed by atoms with Crippen LogP contribution in [0.2, 0.25) is 0 Å². The van der Waals surface area contributed by atoms with Gasteiger partial charge in [-0.15, -0.1) is 0 Å². The summed E-state index contributed by atoms with van der Waals surface area (Å²) < 4.78 is 2.10. The molecule has 0 radical (unpaired) electrons. The zero-order valence-electron chi connectivity index (χ0n) is 7.33. The third kappa shape index (κ3) is 0.811. The average Bonchev–Trinajstić information content (AvgIpc) is 2.42. The Bertz CT molecular complexity index is 427. The van der Waals surface area contributed by atoms with Crippen LogP contribution in [-0.2, 0) is 7.05 Å². The normalized spacial score (nSPS) is 10.8. The van der Waals surface area contributed by atoms with E-state index in [1.807, 2.05) is 19.3 Å². The van der Waals surface area contributed by atoms with E-state index in [4.69, 9.17) is 5.73 Å². The van der Waals surface area contributed by atoms with E-state index in [1.54, 1.807) is 0 Å². The summed E-state index contributed by atoms with van der Waals surface area (Å²) in [6, 6.07) is 6.06. The van der Waals surface area contributed by atoms with Crippen LogP contribution in [0.3, 0.4) is 0 Å². The SMILES string of the molecule is Cc1ccc(N)c2ccn(C)c12. The number of hydrogen-bond acceptors (Lipinski definition) is 1. The zero-order valence-corrected chi connectivity index (χ0v) is 7.33. The Balaban J connectivity index is 2.98. The molecular weight excluding hydrogens is 148 g/mol. The monoisotopic (exact) mass is 160 g/mol. The standard InChI is InChI=1S/C10H12N2/c1-7-3-4-9(11)8-5-6-12(2)10(7)8/h3-6H,11H2,1-2H3. The number of rotatable bonds is 0. The summed E-state index contributed by atoms with van der Waals surface area (Å²) in [7, 11) is 2.04. The third-order valence-corrected chi connectivity index (χ3v) is 2.27. The van der Waals surface area contributed by atoms with Crippen LogP contribution in [0, 0.1) is 6.92 Å². The van der Waals surface area contributed by atoms with Crippen molar-refractivity contribution in [2.75, 3.05) is 5.73 Å². The van der Waals surface area contributed by atoms with Crippen LogP contribution in [0.25, 0.3) is 10.9 Å². The fourth-order valence-corrected chi connectivity index (χ4v) is 1.64. The number of benzene rings is 1. The predicted molar refractivity (Wildman–Crippen MR) is 52.1 cm³/mol. The highest BCUT2D eigenvalue weighted by Gasteiger charge is 2.03. The molecule has 0 amide bonds. The molecule has 0 saturated carbocycles. The van der Waals surface area contributed by atoms with Crippen molar-refractivity contribution < 1.29 is 0 Å². The van der Waals surface area contributed by atoms with Gasteiger partial charge in [0.25, 0.3) is 0 Å². The molecule has 2 heteroatoms. The second kappa shape index (κ2) is 2.27. The Hall–Kier alpha value is -1.44. The zero-order chi connectivity index (χ0) is 8.72. The second-order valence-electron chi connectivity index (χ2n) is 3.16. The third-order valence-electron chi connectivity index (χ3n) is 2.27. The molecule has 0 saturated heterocycles. The maximum absolute atomic E-state index is 5.83. The molecule has 0 unspecified atom stereocenters. The molecule has 2 N–H and O–H groups in total. The molecule has 2 rings (SSSR count). The number of nitrogen functional groups attached to an aromatic ring is 1. The molecule has 0 bridgehead atoms. The van der Waals surface area contributed by atoms with Gasteiger partial charge in [-0.2, -0.15) is 0 Å². The lowest BCUT2D eigenvalue weighted by Crippen LogP contribution is -1.90. The first-order chi connectivity index (χ1) is 5.70. The lowest BCUT2D eigenvalue weighted by Gasteiger charge is -2.02. The van der Waals surface area contributed by atoms with E-state index in [1.165, 1.54) is 11.1 Å². The van der Waals surface area contributed by atoms with Gasteiger partial charge in [0.05, 0.1) is 5.52 Å². The maximum Gasteiger partial charge on any atom is 0.0528 e. The van der Waals surface area contributed by atoms with E-state index in [2.05, 4.69) is 23.6 Å². The minimum atomic E-state index is 0.858. The van der Waals surface area contributed by atoms with Gasteiger partial charge in [-0.1, -0.05) is 6.07 Å². The summed E-state index contributed by atoms with van der Waals surface area (Å²) >= 11 is 0. The molecule has 1 aromatic carbocycles. The van der Waals surface area contributed by atoms with Gasteiger partial charge < -0.3 is 10.3 Å². The van der Waals surface area contributed by atoms with Crippen molar-refractivity contribution in [1.29, 1.82) is 0 Å². The highest BCUT2D eigenvalue weighted by Crippen LogP contribution is 2.24. The van der Waals surface area contributed by atoms with E-state index in [-0.39, 0.29) is 0 Å². The minimum Gasteiger partial charge on any atom is -0.398 e. The molecule has 1 heterocycles. The number of nitrogens with zero attached hydrogens (tertiary/aromatic N) is 1. The molecule has 2 nitrogen and oxygen atoms in total. The first-order valence-corrected chi connectivity index (χ1v) is 4.00. The van der Waals surface area contributed by atoms with E-state index >= 15 is 0 Å². The van der Waals surface area contributed by atoms with Crippen LogP contribution in [0.1, 0.15) is 5.56 Å². The Labute approximate surface area is 71.6 Å². The Kier molecular flexibility index (Phi) is 1.37. The molecule has 1 aromatic heterocycles. The van der Waals surface area contributed by atoms with Crippen molar-refractivity contribution in [2.45, 2.75) is 6.92 Å². The van der Waals surface area contributed by atoms with E-state index in [9.17, 15) is 0 Å². The van der Waals surface area contributed by atoms with Gasteiger partial charge in [0.15, 0.2) is 0 Å². The maximum atomic E-state index is 5.83. The molecule has 62 valence electrons. The van der Waals surface area contributed by atoms with E-state index < -0.39 is 0 Å². The number of hydrogen-bond donors (Lipinski definition) is 1. The van der Waals surface area contributed by atoms with Gasteiger partial charge >= 0.3 is 0 Å². The van der Waals surface area contributed by atoms with Gasteiger partial charge in [-0.25, -0.2) is 0 Å². The van der Waals surface area contributed by atoms with Crippen LogP contribution >= 0.6 is 0 Å². The number of fused-ring (bicyclic) bond motifs is 1. The summed E-state index contributed by atoms with van der Waals surface area (Å²) in [5.41, 5.74) is 9.18. The van der Waals surface area contributed by atoms with Crippen LogP contribution in [0.15, 0.2) is 24.4 Å². The summed E-state index contributed by atoms with van der Waals surface area (Å²) in [6.45, 7) is 2.10. The second-order valence-corrected chi connectivity index (χ2v) is 3.16. The molecule has 0 aliphatic carbocycles. The Morgan fingerprint density at radius 2 is 2.00 bits per heavy atom. The van der Waals surface area contributed by atoms with Crippen molar-refractivity contribution in [2.24, 2.45) is 7.05 Å². The van der Waals surface area contributed by atoms with Crippen molar-refractivity contribution in [3.8, 4) is 0 Å². The Morgan fingerprint density at radius 1 is 1.25 bits per heavy atom. The van der Waals surface area contributed by atoms with Crippen LogP contribution in [-0.4, -0.2) is 4.57 Å².